The van der Waals surface area contributed by atoms with Crippen LogP contribution in [0, 0.1) is 17.7 Å². The molecule has 1 saturated heterocycles. The summed E-state index contributed by atoms with van der Waals surface area (Å²) in [6, 6.07) is 7.94. The first-order chi connectivity index (χ1) is 12.6. The van der Waals surface area contributed by atoms with E-state index in [0.717, 1.165) is 31.6 Å². The van der Waals surface area contributed by atoms with Crippen molar-refractivity contribution >= 4 is 23.0 Å². The molecular formula is C20H21FN4O. The Morgan fingerprint density at radius 1 is 1.31 bits per heavy atom. The van der Waals surface area contributed by atoms with Crippen LogP contribution in [0.1, 0.15) is 23.2 Å². The number of anilines is 1. The first kappa shape index (κ1) is 16.8. The van der Waals surface area contributed by atoms with Gasteiger partial charge in [0, 0.05) is 18.3 Å². The van der Waals surface area contributed by atoms with Crippen LogP contribution in [-0.4, -0.2) is 41.6 Å². The number of carbonyl (C=O) groups excluding carboxylic acids is 1. The summed E-state index contributed by atoms with van der Waals surface area (Å²) in [6.07, 6.45) is 5.40. The SMILES string of the molecule is CN1CCC[C@@H](C2C(=O)c3cc(F)ccc3N=C2Nc2cccnc2)C1. The topological polar surface area (TPSA) is 57.6 Å². The third-order valence-corrected chi connectivity index (χ3v) is 5.11. The van der Waals surface area contributed by atoms with Crippen molar-refractivity contribution in [1.82, 2.24) is 9.88 Å². The van der Waals surface area contributed by atoms with Crippen molar-refractivity contribution in [3.63, 3.8) is 0 Å². The average Bonchev–Trinajstić information content (AvgIpc) is 2.63. The molecule has 134 valence electrons. The number of nitrogens with one attached hydrogen (secondary N) is 1. The molecule has 6 heteroatoms. The van der Waals surface area contributed by atoms with E-state index in [-0.39, 0.29) is 11.7 Å². The minimum atomic E-state index is -0.407. The van der Waals surface area contributed by atoms with Crippen molar-refractivity contribution in [1.29, 1.82) is 0 Å². The molecule has 1 aromatic heterocycles. The Hall–Kier alpha value is -2.60. The molecule has 26 heavy (non-hydrogen) atoms. The van der Waals surface area contributed by atoms with E-state index in [2.05, 4.69) is 27.2 Å². The summed E-state index contributed by atoms with van der Waals surface area (Å²) in [4.78, 5) is 24.3. The number of hydrogen-bond donors (Lipinski definition) is 1. The largest absolute Gasteiger partial charge is 0.342 e. The van der Waals surface area contributed by atoms with Crippen molar-refractivity contribution in [2.45, 2.75) is 12.8 Å². The summed E-state index contributed by atoms with van der Waals surface area (Å²) in [5, 5.41) is 3.28. The number of hydrogen-bond acceptors (Lipinski definition) is 5. The number of benzene rings is 1. The molecule has 0 aliphatic carbocycles. The molecular weight excluding hydrogens is 331 g/mol. The van der Waals surface area contributed by atoms with Crippen molar-refractivity contribution in [2.24, 2.45) is 16.8 Å². The molecule has 0 saturated carbocycles. The van der Waals surface area contributed by atoms with Gasteiger partial charge in [-0.3, -0.25) is 9.78 Å². The Balaban J connectivity index is 1.74. The maximum atomic E-state index is 13.7. The summed E-state index contributed by atoms with van der Waals surface area (Å²) in [5.41, 5.74) is 1.68. The van der Waals surface area contributed by atoms with Crippen LogP contribution in [0.25, 0.3) is 0 Å². The first-order valence-electron chi connectivity index (χ1n) is 8.90. The van der Waals surface area contributed by atoms with Crippen LogP contribution >= 0.6 is 0 Å². The van der Waals surface area contributed by atoms with Gasteiger partial charge < -0.3 is 10.2 Å². The van der Waals surface area contributed by atoms with Crippen LogP contribution in [0.4, 0.5) is 15.8 Å². The van der Waals surface area contributed by atoms with Gasteiger partial charge in [0.25, 0.3) is 0 Å². The smallest absolute Gasteiger partial charge is 0.176 e. The number of rotatable bonds is 2. The molecule has 3 heterocycles. The molecule has 1 unspecified atom stereocenters. The zero-order valence-corrected chi connectivity index (χ0v) is 14.7. The van der Waals surface area contributed by atoms with Gasteiger partial charge in [-0.25, -0.2) is 9.38 Å². The molecule has 2 aliphatic rings. The summed E-state index contributed by atoms with van der Waals surface area (Å²) in [6.45, 7) is 1.86. The van der Waals surface area contributed by atoms with Crippen LogP contribution in [0.3, 0.4) is 0 Å². The van der Waals surface area contributed by atoms with Gasteiger partial charge in [0.1, 0.15) is 11.7 Å². The van der Waals surface area contributed by atoms with Gasteiger partial charge in [-0.05, 0) is 62.7 Å². The van der Waals surface area contributed by atoms with Crippen LogP contribution in [0.2, 0.25) is 0 Å². The van der Waals surface area contributed by atoms with Gasteiger partial charge in [-0.15, -0.1) is 0 Å². The Morgan fingerprint density at radius 2 is 2.19 bits per heavy atom. The lowest BCUT2D eigenvalue weighted by Crippen LogP contribution is -2.44. The third-order valence-electron chi connectivity index (χ3n) is 5.11. The number of halogens is 1. The number of likely N-dealkylation sites (tertiary alicyclic amines) is 1. The van der Waals surface area contributed by atoms with E-state index in [1.807, 2.05) is 12.1 Å². The van der Waals surface area contributed by atoms with Crippen LogP contribution < -0.4 is 5.32 Å². The standard InChI is InChI=1S/C20H21FN4O/c1-25-9-3-4-13(12-25)18-19(26)16-10-14(21)6-7-17(16)24-20(18)23-15-5-2-8-22-11-15/h2,5-8,10-11,13,18H,3-4,9,12H2,1H3,(H,23,24)/t13-,18?/m1/s1. The Kier molecular flexibility index (Phi) is 4.51. The number of ketones is 1. The summed E-state index contributed by atoms with van der Waals surface area (Å²) >= 11 is 0. The second kappa shape index (κ2) is 6.96. The second-order valence-corrected chi connectivity index (χ2v) is 7.03. The number of pyridine rings is 1. The fourth-order valence-corrected chi connectivity index (χ4v) is 3.90. The molecule has 1 aromatic carbocycles. The number of aliphatic imine (C=N–C) groups is 1. The molecule has 1 fully saturated rings. The lowest BCUT2D eigenvalue weighted by Gasteiger charge is -2.36. The fraction of sp³-hybridized carbons (Fsp3) is 0.350. The number of amidine groups is 1. The number of carbonyl (C=O) groups is 1. The van der Waals surface area contributed by atoms with E-state index in [1.54, 1.807) is 18.5 Å². The molecule has 4 rings (SSSR count). The Morgan fingerprint density at radius 3 is 2.96 bits per heavy atom. The highest BCUT2D eigenvalue weighted by atomic mass is 19.1. The van der Waals surface area contributed by atoms with E-state index in [9.17, 15) is 9.18 Å². The molecule has 0 radical (unpaired) electrons. The van der Waals surface area contributed by atoms with Gasteiger partial charge in [-0.2, -0.15) is 0 Å². The van der Waals surface area contributed by atoms with E-state index < -0.39 is 11.7 Å². The zero-order chi connectivity index (χ0) is 18.1. The zero-order valence-electron chi connectivity index (χ0n) is 14.7. The summed E-state index contributed by atoms with van der Waals surface area (Å²) < 4.78 is 13.7. The predicted molar refractivity (Wildman–Crippen MR) is 99.4 cm³/mol. The molecule has 0 bridgehead atoms. The first-order valence-corrected chi connectivity index (χ1v) is 8.90. The van der Waals surface area contributed by atoms with Crippen LogP contribution in [0.5, 0.6) is 0 Å². The fourth-order valence-electron chi connectivity index (χ4n) is 3.90. The molecule has 0 amide bonds. The highest BCUT2D eigenvalue weighted by molar-refractivity contribution is 6.21. The maximum absolute atomic E-state index is 13.7. The monoisotopic (exact) mass is 352 g/mol. The lowest BCUT2D eigenvalue weighted by atomic mass is 9.78. The van der Waals surface area contributed by atoms with Gasteiger partial charge >= 0.3 is 0 Å². The predicted octanol–water partition coefficient (Wildman–Crippen LogP) is 3.52. The van der Waals surface area contributed by atoms with E-state index >= 15 is 0 Å². The highest BCUT2D eigenvalue weighted by Crippen LogP contribution is 2.36. The van der Waals surface area contributed by atoms with Crippen LogP contribution in [-0.2, 0) is 0 Å². The minimum absolute atomic E-state index is 0.0545. The van der Waals surface area contributed by atoms with Gasteiger partial charge in [0.2, 0.25) is 0 Å². The highest BCUT2D eigenvalue weighted by Gasteiger charge is 2.39. The van der Waals surface area contributed by atoms with Crippen molar-refractivity contribution < 1.29 is 9.18 Å². The number of nitrogens with zero attached hydrogens (tertiary/aromatic N) is 3. The minimum Gasteiger partial charge on any atom is -0.342 e. The number of aromatic nitrogens is 1. The van der Waals surface area contributed by atoms with E-state index in [0.29, 0.717) is 17.1 Å². The Labute approximate surface area is 152 Å². The summed E-state index contributed by atoms with van der Waals surface area (Å²) in [7, 11) is 2.07. The number of fused-ring (bicyclic) bond motifs is 1. The third kappa shape index (κ3) is 3.24. The van der Waals surface area contributed by atoms with Gasteiger partial charge in [0.15, 0.2) is 5.78 Å². The normalized spacial score (nSPS) is 23.3. The summed E-state index contributed by atoms with van der Waals surface area (Å²) in [5.74, 6) is -0.0769. The van der Waals surface area contributed by atoms with Crippen molar-refractivity contribution in [3.8, 4) is 0 Å². The molecule has 2 aliphatic heterocycles. The molecule has 0 spiro atoms. The van der Waals surface area contributed by atoms with Gasteiger partial charge in [0.05, 0.1) is 23.5 Å². The molecule has 2 aromatic rings. The van der Waals surface area contributed by atoms with E-state index in [1.165, 1.54) is 12.1 Å². The molecule has 2 atom stereocenters. The maximum Gasteiger partial charge on any atom is 0.176 e. The number of Topliss-reactive ketones (excluding diaryl/α,β-unsaturated/α-hetero) is 1. The van der Waals surface area contributed by atoms with Crippen molar-refractivity contribution in [3.05, 3.63) is 54.1 Å². The lowest BCUT2D eigenvalue weighted by molar-refractivity contribution is 0.0871. The van der Waals surface area contributed by atoms with Crippen molar-refractivity contribution in [2.75, 3.05) is 25.5 Å². The second-order valence-electron chi connectivity index (χ2n) is 7.03. The quantitative estimate of drug-likeness (QED) is 0.898. The number of piperidine rings is 1. The van der Waals surface area contributed by atoms with E-state index in [4.69, 9.17) is 0 Å². The average molecular weight is 352 g/mol. The molecule has 1 N–H and O–H groups in total. The van der Waals surface area contributed by atoms with Crippen LogP contribution in [0.15, 0.2) is 47.7 Å². The molecule has 5 nitrogen and oxygen atoms in total. The Bertz CT molecular complexity index is 852. The van der Waals surface area contributed by atoms with Gasteiger partial charge in [-0.1, -0.05) is 0 Å².